The summed E-state index contributed by atoms with van der Waals surface area (Å²) in [6, 6.07) is 15.0. The standard InChI is InChI=1S/C23H28N2O5/c1-28-21-5-3-2-4-19(21)10-11-24-22(26)17-30-23(27)20-8-6-18(7-9-20)16-25-12-14-29-15-13-25/h2-9H,10-17H2,1H3,(H,24,26)/p+1. The van der Waals surface area contributed by atoms with Gasteiger partial charge in [0.05, 0.1) is 25.9 Å². The largest absolute Gasteiger partial charge is 0.496 e. The van der Waals surface area contributed by atoms with Crippen LogP contribution in [0.5, 0.6) is 5.75 Å². The van der Waals surface area contributed by atoms with Gasteiger partial charge in [-0.2, -0.15) is 0 Å². The molecule has 160 valence electrons. The molecule has 2 N–H and O–H groups in total. The Morgan fingerprint density at radius 1 is 1.07 bits per heavy atom. The molecule has 0 unspecified atom stereocenters. The maximum absolute atomic E-state index is 12.2. The summed E-state index contributed by atoms with van der Waals surface area (Å²) < 4.78 is 15.8. The number of quaternary nitrogens is 1. The predicted molar refractivity (Wildman–Crippen MR) is 112 cm³/mol. The van der Waals surface area contributed by atoms with Crippen LogP contribution in [0.4, 0.5) is 0 Å². The second-order valence-corrected chi connectivity index (χ2v) is 7.22. The predicted octanol–water partition coefficient (Wildman–Crippen LogP) is 0.626. The molecule has 0 aromatic heterocycles. The second-order valence-electron chi connectivity index (χ2n) is 7.22. The summed E-state index contributed by atoms with van der Waals surface area (Å²) in [5, 5.41) is 2.76. The molecule has 0 bridgehead atoms. The number of hydrogen-bond donors (Lipinski definition) is 2. The third-order valence-corrected chi connectivity index (χ3v) is 5.09. The van der Waals surface area contributed by atoms with E-state index in [9.17, 15) is 9.59 Å². The smallest absolute Gasteiger partial charge is 0.338 e. The lowest BCUT2D eigenvalue weighted by Crippen LogP contribution is -3.12. The Kier molecular flexibility index (Phi) is 8.23. The van der Waals surface area contributed by atoms with E-state index in [-0.39, 0.29) is 12.5 Å². The Hall–Kier alpha value is -2.90. The molecule has 0 spiro atoms. The first kappa shape index (κ1) is 21.8. The van der Waals surface area contributed by atoms with Gasteiger partial charge in [-0.15, -0.1) is 0 Å². The van der Waals surface area contributed by atoms with Gasteiger partial charge in [-0.3, -0.25) is 4.79 Å². The molecule has 1 fully saturated rings. The summed E-state index contributed by atoms with van der Waals surface area (Å²) in [5.74, 6) is -0.0391. The molecule has 30 heavy (non-hydrogen) atoms. The Morgan fingerprint density at radius 3 is 2.53 bits per heavy atom. The minimum Gasteiger partial charge on any atom is -0.496 e. The number of esters is 1. The van der Waals surface area contributed by atoms with Gasteiger partial charge >= 0.3 is 5.97 Å². The Morgan fingerprint density at radius 2 is 1.80 bits per heavy atom. The SMILES string of the molecule is COc1ccccc1CCNC(=O)COC(=O)c1ccc(C[NH+]2CCOCC2)cc1. The number of amides is 1. The molecule has 1 aliphatic heterocycles. The van der Waals surface area contributed by atoms with E-state index in [0.717, 1.165) is 49.7 Å². The fourth-order valence-electron chi connectivity index (χ4n) is 3.40. The fourth-order valence-corrected chi connectivity index (χ4v) is 3.40. The maximum Gasteiger partial charge on any atom is 0.338 e. The van der Waals surface area contributed by atoms with Crippen LogP contribution in [0, 0.1) is 0 Å². The number of hydrogen-bond acceptors (Lipinski definition) is 5. The highest BCUT2D eigenvalue weighted by Gasteiger charge is 2.15. The number of nitrogens with one attached hydrogen (secondary N) is 2. The van der Waals surface area contributed by atoms with Gasteiger partial charge < -0.3 is 24.4 Å². The second kappa shape index (κ2) is 11.3. The van der Waals surface area contributed by atoms with Gasteiger partial charge in [-0.1, -0.05) is 30.3 Å². The van der Waals surface area contributed by atoms with Gasteiger partial charge in [0, 0.05) is 12.1 Å². The number of ether oxygens (including phenoxy) is 3. The summed E-state index contributed by atoms with van der Waals surface area (Å²) in [4.78, 5) is 25.6. The summed E-state index contributed by atoms with van der Waals surface area (Å²) in [6.45, 7) is 4.63. The molecule has 0 aliphatic carbocycles. The van der Waals surface area contributed by atoms with Crippen LogP contribution in [0.2, 0.25) is 0 Å². The monoisotopic (exact) mass is 413 g/mol. The molecule has 7 heteroatoms. The van der Waals surface area contributed by atoms with Crippen LogP contribution in [0.3, 0.4) is 0 Å². The zero-order chi connectivity index (χ0) is 21.2. The minimum absolute atomic E-state index is 0.301. The molecule has 2 aromatic rings. The van der Waals surface area contributed by atoms with Gasteiger partial charge in [0.2, 0.25) is 0 Å². The maximum atomic E-state index is 12.2. The quantitative estimate of drug-likeness (QED) is 0.590. The topological polar surface area (TPSA) is 78.3 Å². The van der Waals surface area contributed by atoms with E-state index >= 15 is 0 Å². The molecule has 0 atom stereocenters. The molecule has 1 saturated heterocycles. The molecule has 7 nitrogen and oxygen atoms in total. The van der Waals surface area contributed by atoms with Crippen LogP contribution < -0.4 is 15.0 Å². The van der Waals surface area contributed by atoms with Crippen molar-refractivity contribution in [2.75, 3.05) is 46.6 Å². The zero-order valence-electron chi connectivity index (χ0n) is 17.3. The van der Waals surface area contributed by atoms with Crippen molar-refractivity contribution in [2.24, 2.45) is 0 Å². The summed E-state index contributed by atoms with van der Waals surface area (Å²) in [6.07, 6.45) is 0.635. The van der Waals surface area contributed by atoms with Gasteiger partial charge in [0.1, 0.15) is 25.4 Å². The number of benzene rings is 2. The van der Waals surface area contributed by atoms with Crippen LogP contribution in [0.1, 0.15) is 21.5 Å². The zero-order valence-corrected chi connectivity index (χ0v) is 17.3. The molecular formula is C23H29N2O5+. The highest BCUT2D eigenvalue weighted by atomic mass is 16.5. The number of rotatable bonds is 9. The molecule has 1 heterocycles. The van der Waals surface area contributed by atoms with Crippen molar-refractivity contribution >= 4 is 11.9 Å². The molecule has 1 amide bonds. The van der Waals surface area contributed by atoms with E-state index in [4.69, 9.17) is 14.2 Å². The Balaban J connectivity index is 1.38. The molecule has 0 radical (unpaired) electrons. The summed E-state index contributed by atoms with van der Waals surface area (Å²) >= 11 is 0. The van der Waals surface area contributed by atoms with Crippen molar-refractivity contribution in [3.8, 4) is 5.75 Å². The van der Waals surface area contributed by atoms with Crippen molar-refractivity contribution < 1.29 is 28.7 Å². The lowest BCUT2D eigenvalue weighted by molar-refractivity contribution is -0.921. The summed E-state index contributed by atoms with van der Waals surface area (Å²) in [5.41, 5.74) is 2.62. The molecule has 3 rings (SSSR count). The van der Waals surface area contributed by atoms with Gasteiger partial charge in [0.25, 0.3) is 5.91 Å². The van der Waals surface area contributed by atoms with Gasteiger partial charge in [-0.05, 0) is 30.2 Å². The minimum atomic E-state index is -0.500. The first-order valence-corrected chi connectivity index (χ1v) is 10.2. The van der Waals surface area contributed by atoms with E-state index in [2.05, 4.69) is 5.32 Å². The lowest BCUT2D eigenvalue weighted by Gasteiger charge is -2.23. The molecule has 1 aliphatic rings. The number of carbonyl (C=O) groups excluding carboxylic acids is 2. The van der Waals surface area contributed by atoms with Crippen LogP contribution in [0.25, 0.3) is 0 Å². The number of methoxy groups -OCH3 is 1. The first-order chi connectivity index (χ1) is 14.7. The van der Waals surface area contributed by atoms with Crippen molar-refractivity contribution in [3.63, 3.8) is 0 Å². The van der Waals surface area contributed by atoms with Crippen LogP contribution >= 0.6 is 0 Å². The van der Waals surface area contributed by atoms with Gasteiger partial charge in [0.15, 0.2) is 6.61 Å². The highest BCUT2D eigenvalue weighted by Crippen LogP contribution is 2.17. The Bertz CT molecular complexity index is 832. The molecular weight excluding hydrogens is 384 g/mol. The van der Waals surface area contributed by atoms with Gasteiger partial charge in [-0.25, -0.2) is 4.79 Å². The average molecular weight is 413 g/mol. The van der Waals surface area contributed by atoms with Crippen LogP contribution in [-0.2, 0) is 27.2 Å². The van der Waals surface area contributed by atoms with E-state index in [0.29, 0.717) is 18.5 Å². The van der Waals surface area contributed by atoms with E-state index < -0.39 is 5.97 Å². The van der Waals surface area contributed by atoms with E-state index in [1.54, 1.807) is 19.2 Å². The van der Waals surface area contributed by atoms with Crippen LogP contribution in [-0.4, -0.2) is 58.4 Å². The van der Waals surface area contributed by atoms with E-state index in [1.807, 2.05) is 36.4 Å². The highest BCUT2D eigenvalue weighted by molar-refractivity contribution is 5.91. The van der Waals surface area contributed by atoms with Crippen molar-refractivity contribution in [1.82, 2.24) is 5.32 Å². The third kappa shape index (κ3) is 6.57. The third-order valence-electron chi connectivity index (χ3n) is 5.09. The molecule has 0 saturated carbocycles. The summed E-state index contributed by atoms with van der Waals surface area (Å²) in [7, 11) is 1.62. The first-order valence-electron chi connectivity index (χ1n) is 10.2. The lowest BCUT2D eigenvalue weighted by atomic mass is 10.1. The van der Waals surface area contributed by atoms with Crippen LogP contribution in [0.15, 0.2) is 48.5 Å². The van der Waals surface area contributed by atoms with Crippen molar-refractivity contribution in [2.45, 2.75) is 13.0 Å². The normalized spacial score (nSPS) is 14.2. The fraction of sp³-hybridized carbons (Fsp3) is 0.391. The number of para-hydroxylation sites is 1. The molecule has 2 aromatic carbocycles. The van der Waals surface area contributed by atoms with E-state index in [1.165, 1.54) is 4.90 Å². The van der Waals surface area contributed by atoms with Crippen molar-refractivity contribution in [1.29, 1.82) is 0 Å². The Labute approximate surface area is 176 Å². The number of morpholine rings is 1. The van der Waals surface area contributed by atoms with Crippen molar-refractivity contribution in [3.05, 3.63) is 65.2 Å². The average Bonchev–Trinajstić information content (AvgIpc) is 2.79. The number of carbonyl (C=O) groups is 2.